The summed E-state index contributed by atoms with van der Waals surface area (Å²) in [5.74, 6) is -0.171. The van der Waals surface area contributed by atoms with E-state index in [1.165, 1.54) is 0 Å². The average Bonchev–Trinajstić information content (AvgIpc) is 3.09. The van der Waals surface area contributed by atoms with Crippen molar-refractivity contribution in [2.24, 2.45) is 5.73 Å². The van der Waals surface area contributed by atoms with Crippen molar-refractivity contribution in [1.82, 2.24) is 4.98 Å². The Kier molecular flexibility index (Phi) is 4.80. The minimum atomic E-state index is -0.548. The third kappa shape index (κ3) is 4.03. The number of aromatic nitrogens is 1. The largest absolute Gasteiger partial charge is 0.325 e. The number of rotatable bonds is 5. The van der Waals surface area contributed by atoms with Crippen LogP contribution in [0.25, 0.3) is 11.1 Å². The number of carbonyl (C=O) groups is 1. The molecule has 0 spiro atoms. The van der Waals surface area contributed by atoms with Crippen molar-refractivity contribution in [2.75, 3.05) is 5.32 Å². The minimum Gasteiger partial charge on any atom is -0.325 e. The van der Waals surface area contributed by atoms with Gasteiger partial charge in [-0.2, -0.15) is 0 Å². The molecule has 5 heteroatoms. The molecule has 4 nitrogen and oxygen atoms in total. The number of carbonyl (C=O) groups excluding carboxylic acids is 1. The van der Waals surface area contributed by atoms with Crippen LogP contribution in [-0.4, -0.2) is 16.9 Å². The lowest BCUT2D eigenvalue weighted by molar-refractivity contribution is -0.117. The van der Waals surface area contributed by atoms with Gasteiger partial charge in [0.15, 0.2) is 0 Å². The summed E-state index contributed by atoms with van der Waals surface area (Å²) in [6.45, 7) is 0. The Hall–Kier alpha value is -2.50. The monoisotopic (exact) mass is 323 g/mol. The molecule has 0 fully saturated rings. The Morgan fingerprint density at radius 3 is 2.43 bits per heavy atom. The SMILES string of the molecule is N[C@H](Cc1cccs1)C(=O)Nc1ccc(-c2ccncc2)cc1. The maximum absolute atomic E-state index is 12.2. The number of nitrogens with zero attached hydrogens (tertiary/aromatic N) is 1. The van der Waals surface area contributed by atoms with Crippen molar-refractivity contribution in [3.8, 4) is 11.1 Å². The summed E-state index contributed by atoms with van der Waals surface area (Å²) in [5, 5.41) is 4.85. The van der Waals surface area contributed by atoms with Gasteiger partial charge in [-0.1, -0.05) is 18.2 Å². The number of thiophene rings is 1. The summed E-state index contributed by atoms with van der Waals surface area (Å²) in [7, 11) is 0. The molecule has 0 aliphatic carbocycles. The fraction of sp³-hybridized carbons (Fsp3) is 0.111. The molecule has 3 N–H and O–H groups in total. The van der Waals surface area contributed by atoms with Crippen molar-refractivity contribution in [3.63, 3.8) is 0 Å². The first kappa shape index (κ1) is 15.4. The van der Waals surface area contributed by atoms with Crippen LogP contribution in [0.3, 0.4) is 0 Å². The van der Waals surface area contributed by atoms with E-state index < -0.39 is 6.04 Å². The van der Waals surface area contributed by atoms with Gasteiger partial charge < -0.3 is 11.1 Å². The van der Waals surface area contributed by atoms with Crippen LogP contribution in [0, 0.1) is 0 Å². The number of amides is 1. The highest BCUT2D eigenvalue weighted by atomic mass is 32.1. The summed E-state index contributed by atoms with van der Waals surface area (Å²) < 4.78 is 0. The summed E-state index contributed by atoms with van der Waals surface area (Å²) in [6, 6.07) is 15.0. The molecule has 23 heavy (non-hydrogen) atoms. The molecule has 0 saturated carbocycles. The topological polar surface area (TPSA) is 68.0 Å². The molecule has 0 radical (unpaired) electrons. The fourth-order valence-electron chi connectivity index (χ4n) is 2.26. The van der Waals surface area contributed by atoms with Crippen LogP contribution < -0.4 is 11.1 Å². The van der Waals surface area contributed by atoms with E-state index in [9.17, 15) is 4.79 Å². The molecule has 0 aliphatic heterocycles. The van der Waals surface area contributed by atoms with Gasteiger partial charge in [0.05, 0.1) is 6.04 Å². The first-order valence-electron chi connectivity index (χ1n) is 7.31. The fourth-order valence-corrected chi connectivity index (χ4v) is 3.03. The zero-order chi connectivity index (χ0) is 16.1. The Labute approximate surface area is 139 Å². The third-order valence-corrected chi connectivity index (χ3v) is 4.40. The number of nitrogens with two attached hydrogens (primary N) is 1. The van der Waals surface area contributed by atoms with Crippen molar-refractivity contribution in [1.29, 1.82) is 0 Å². The van der Waals surface area contributed by atoms with Crippen molar-refractivity contribution in [3.05, 3.63) is 71.2 Å². The van der Waals surface area contributed by atoms with E-state index in [1.807, 2.05) is 53.9 Å². The number of benzene rings is 1. The van der Waals surface area contributed by atoms with E-state index in [4.69, 9.17) is 5.73 Å². The summed E-state index contributed by atoms with van der Waals surface area (Å²) in [6.07, 6.45) is 4.07. The Morgan fingerprint density at radius 1 is 1.09 bits per heavy atom. The smallest absolute Gasteiger partial charge is 0.241 e. The number of nitrogens with one attached hydrogen (secondary N) is 1. The quantitative estimate of drug-likeness (QED) is 0.757. The average molecular weight is 323 g/mol. The molecule has 116 valence electrons. The lowest BCUT2D eigenvalue weighted by Crippen LogP contribution is -2.37. The molecule has 1 atom stereocenters. The van der Waals surface area contributed by atoms with Crippen molar-refractivity contribution in [2.45, 2.75) is 12.5 Å². The normalized spacial score (nSPS) is 11.9. The van der Waals surface area contributed by atoms with E-state index in [-0.39, 0.29) is 5.91 Å². The van der Waals surface area contributed by atoms with Gasteiger partial charge in [0.25, 0.3) is 0 Å². The number of anilines is 1. The molecule has 1 amide bonds. The highest BCUT2D eigenvalue weighted by molar-refractivity contribution is 7.09. The molecule has 0 aliphatic rings. The van der Waals surface area contributed by atoms with Gasteiger partial charge in [-0.15, -0.1) is 11.3 Å². The van der Waals surface area contributed by atoms with E-state index in [0.717, 1.165) is 21.7 Å². The first-order chi connectivity index (χ1) is 11.2. The summed E-state index contributed by atoms with van der Waals surface area (Å²) in [5.41, 5.74) is 8.88. The zero-order valence-corrected chi connectivity index (χ0v) is 13.3. The lowest BCUT2D eigenvalue weighted by atomic mass is 10.1. The molecule has 0 unspecified atom stereocenters. The van der Waals surface area contributed by atoms with Crippen LogP contribution in [0.1, 0.15) is 4.88 Å². The number of hydrogen-bond acceptors (Lipinski definition) is 4. The lowest BCUT2D eigenvalue weighted by Gasteiger charge is -2.12. The van der Waals surface area contributed by atoms with Crippen LogP contribution >= 0.6 is 11.3 Å². The van der Waals surface area contributed by atoms with Gasteiger partial charge in [-0.25, -0.2) is 0 Å². The molecule has 0 saturated heterocycles. The molecular weight excluding hydrogens is 306 g/mol. The highest BCUT2D eigenvalue weighted by Gasteiger charge is 2.14. The van der Waals surface area contributed by atoms with Gasteiger partial charge in [-0.05, 0) is 46.8 Å². The Balaban J connectivity index is 1.62. The van der Waals surface area contributed by atoms with Crippen LogP contribution in [0.2, 0.25) is 0 Å². The predicted octanol–water partition coefficient (Wildman–Crippen LogP) is 3.32. The summed E-state index contributed by atoms with van der Waals surface area (Å²) in [4.78, 5) is 17.3. The van der Waals surface area contributed by atoms with E-state index in [1.54, 1.807) is 23.7 Å². The number of hydrogen-bond donors (Lipinski definition) is 2. The van der Waals surface area contributed by atoms with Crippen molar-refractivity contribution >= 4 is 22.9 Å². The van der Waals surface area contributed by atoms with Gasteiger partial charge in [-0.3, -0.25) is 9.78 Å². The van der Waals surface area contributed by atoms with E-state index >= 15 is 0 Å². The Bertz CT molecular complexity index is 755. The van der Waals surface area contributed by atoms with Crippen molar-refractivity contribution < 1.29 is 4.79 Å². The summed E-state index contributed by atoms with van der Waals surface area (Å²) >= 11 is 1.61. The maximum Gasteiger partial charge on any atom is 0.241 e. The molecule has 2 aromatic heterocycles. The number of pyridine rings is 1. The highest BCUT2D eigenvalue weighted by Crippen LogP contribution is 2.20. The Morgan fingerprint density at radius 2 is 1.78 bits per heavy atom. The van der Waals surface area contributed by atoms with Gasteiger partial charge >= 0.3 is 0 Å². The van der Waals surface area contributed by atoms with E-state index in [0.29, 0.717) is 6.42 Å². The van der Waals surface area contributed by atoms with Crippen LogP contribution in [0.4, 0.5) is 5.69 Å². The maximum atomic E-state index is 12.2. The molecule has 1 aromatic carbocycles. The minimum absolute atomic E-state index is 0.171. The second kappa shape index (κ2) is 7.17. The zero-order valence-electron chi connectivity index (χ0n) is 12.5. The second-order valence-corrected chi connectivity index (χ2v) is 6.22. The van der Waals surface area contributed by atoms with Gasteiger partial charge in [0.2, 0.25) is 5.91 Å². The van der Waals surface area contributed by atoms with Gasteiger partial charge in [0.1, 0.15) is 0 Å². The third-order valence-electron chi connectivity index (χ3n) is 3.50. The van der Waals surface area contributed by atoms with Crippen LogP contribution in [0.15, 0.2) is 66.3 Å². The van der Waals surface area contributed by atoms with Crippen LogP contribution in [-0.2, 0) is 11.2 Å². The molecule has 2 heterocycles. The molecule has 3 aromatic rings. The molecular formula is C18H17N3OS. The van der Waals surface area contributed by atoms with E-state index in [2.05, 4.69) is 10.3 Å². The standard InChI is InChI=1S/C18H17N3OS/c19-17(12-16-2-1-11-23-16)18(22)21-15-5-3-13(4-6-15)14-7-9-20-10-8-14/h1-11,17H,12,19H2,(H,21,22)/t17-/m1/s1. The molecule has 0 bridgehead atoms. The predicted molar refractivity (Wildman–Crippen MR) is 94.3 cm³/mol. The molecule has 3 rings (SSSR count). The first-order valence-corrected chi connectivity index (χ1v) is 8.19. The van der Waals surface area contributed by atoms with Gasteiger partial charge in [0, 0.05) is 29.4 Å². The van der Waals surface area contributed by atoms with Crippen LogP contribution in [0.5, 0.6) is 0 Å². The second-order valence-electron chi connectivity index (χ2n) is 5.19.